The predicted octanol–water partition coefficient (Wildman–Crippen LogP) is 3.18. The summed E-state index contributed by atoms with van der Waals surface area (Å²) >= 11 is 1.36. The highest BCUT2D eigenvalue weighted by atomic mass is 32.1. The minimum atomic E-state index is -0.878. The Morgan fingerprint density at radius 3 is 2.75 bits per heavy atom. The second-order valence-electron chi connectivity index (χ2n) is 6.27. The van der Waals surface area contributed by atoms with Gasteiger partial charge in [0, 0.05) is 4.70 Å². The lowest BCUT2D eigenvalue weighted by Gasteiger charge is -2.22. The normalized spacial score (nSPS) is 16.2. The van der Waals surface area contributed by atoms with Crippen molar-refractivity contribution >= 4 is 33.3 Å². The van der Waals surface area contributed by atoms with Crippen molar-refractivity contribution in [3.8, 4) is 6.07 Å². The topological polar surface area (TPSA) is 79.2 Å². The Labute approximate surface area is 144 Å². The highest BCUT2D eigenvalue weighted by Gasteiger charge is 2.43. The smallest absolute Gasteiger partial charge is 0.349 e. The maximum Gasteiger partial charge on any atom is 0.349 e. The molecule has 0 radical (unpaired) electrons. The Bertz CT molecular complexity index is 848. The zero-order chi connectivity index (χ0) is 17.3. The zero-order valence-corrected chi connectivity index (χ0v) is 14.4. The number of fused-ring (bicyclic) bond motifs is 1. The monoisotopic (exact) mass is 342 g/mol. The molecule has 1 atom stereocenters. The van der Waals surface area contributed by atoms with E-state index in [0.29, 0.717) is 4.88 Å². The van der Waals surface area contributed by atoms with Crippen molar-refractivity contribution < 1.29 is 14.3 Å². The van der Waals surface area contributed by atoms with Crippen LogP contribution in [0, 0.1) is 24.2 Å². The van der Waals surface area contributed by atoms with E-state index < -0.39 is 17.4 Å². The number of carbonyl (C=O) groups excluding carboxylic acids is 2. The first kappa shape index (κ1) is 16.5. The molecule has 2 aromatic rings. The number of aryl methyl sites for hydroxylation is 1. The first-order valence-corrected chi connectivity index (χ1v) is 8.64. The lowest BCUT2D eigenvalue weighted by molar-refractivity contribution is -0.125. The largest absolute Gasteiger partial charge is 0.451 e. The quantitative estimate of drug-likeness (QED) is 0.847. The molecule has 0 bridgehead atoms. The van der Waals surface area contributed by atoms with Gasteiger partial charge < -0.3 is 10.1 Å². The molecular formula is C18H18N2O3S. The standard InChI is InChI=1S/C18H18N2O3S/c1-11-13-5-3-4-6-14(13)24-16(11)17(22)23-9-15(21)20-18(2,10-19)12-7-8-12/h3-6,12H,7-9H2,1-2H3,(H,20,21)/t18-/m0/s1. The van der Waals surface area contributed by atoms with Gasteiger partial charge in [-0.2, -0.15) is 5.26 Å². The second-order valence-corrected chi connectivity index (χ2v) is 7.32. The Kier molecular flexibility index (Phi) is 4.29. The van der Waals surface area contributed by atoms with Crippen molar-refractivity contribution in [2.45, 2.75) is 32.2 Å². The highest BCUT2D eigenvalue weighted by Crippen LogP contribution is 2.39. The molecule has 0 saturated heterocycles. The number of nitrogens with zero attached hydrogens (tertiary/aromatic N) is 1. The maximum atomic E-state index is 12.3. The molecular weight excluding hydrogens is 324 g/mol. The van der Waals surface area contributed by atoms with E-state index in [1.807, 2.05) is 31.2 Å². The Hall–Kier alpha value is -2.39. The number of ether oxygens (including phenoxy) is 1. The average molecular weight is 342 g/mol. The molecule has 6 heteroatoms. The number of hydrogen-bond acceptors (Lipinski definition) is 5. The second kappa shape index (κ2) is 6.25. The minimum absolute atomic E-state index is 0.187. The Morgan fingerprint density at radius 2 is 2.12 bits per heavy atom. The third kappa shape index (κ3) is 3.13. The van der Waals surface area contributed by atoms with Crippen LogP contribution in [-0.2, 0) is 9.53 Å². The number of esters is 1. The number of benzene rings is 1. The minimum Gasteiger partial charge on any atom is -0.451 e. The molecule has 3 rings (SSSR count). The number of hydrogen-bond donors (Lipinski definition) is 1. The van der Waals surface area contributed by atoms with Gasteiger partial charge in [-0.05, 0) is 49.6 Å². The number of rotatable bonds is 5. The molecule has 24 heavy (non-hydrogen) atoms. The van der Waals surface area contributed by atoms with E-state index in [9.17, 15) is 14.9 Å². The van der Waals surface area contributed by atoms with E-state index in [1.165, 1.54) is 11.3 Å². The van der Waals surface area contributed by atoms with Crippen molar-refractivity contribution in [1.82, 2.24) is 5.32 Å². The molecule has 1 aliphatic rings. The number of thiophene rings is 1. The van der Waals surface area contributed by atoms with Crippen LogP contribution in [0.2, 0.25) is 0 Å². The molecule has 1 aliphatic carbocycles. The summed E-state index contributed by atoms with van der Waals surface area (Å²) in [7, 11) is 0. The summed E-state index contributed by atoms with van der Waals surface area (Å²) < 4.78 is 6.15. The molecule has 1 N–H and O–H groups in total. The van der Waals surface area contributed by atoms with E-state index in [2.05, 4.69) is 11.4 Å². The zero-order valence-electron chi connectivity index (χ0n) is 13.6. The number of nitrogens with one attached hydrogen (secondary N) is 1. The van der Waals surface area contributed by atoms with E-state index in [4.69, 9.17) is 4.74 Å². The predicted molar refractivity (Wildman–Crippen MR) is 91.7 cm³/mol. The lowest BCUT2D eigenvalue weighted by Crippen LogP contribution is -2.48. The number of nitriles is 1. The van der Waals surface area contributed by atoms with Gasteiger partial charge in [0.05, 0.1) is 6.07 Å². The number of amides is 1. The summed E-state index contributed by atoms with van der Waals surface area (Å²) in [6.45, 7) is 3.20. The summed E-state index contributed by atoms with van der Waals surface area (Å²) in [5.41, 5.74) is -0.0161. The van der Waals surface area contributed by atoms with E-state index >= 15 is 0 Å². The molecule has 1 aromatic carbocycles. The van der Waals surface area contributed by atoms with Crippen molar-refractivity contribution in [3.63, 3.8) is 0 Å². The third-order valence-corrected chi connectivity index (χ3v) is 5.64. The SMILES string of the molecule is Cc1c(C(=O)OCC(=O)N[C@@](C)(C#N)C2CC2)sc2ccccc12. The van der Waals surface area contributed by atoms with Crippen molar-refractivity contribution in [2.75, 3.05) is 6.61 Å². The van der Waals surface area contributed by atoms with Crippen LogP contribution in [0.1, 0.15) is 35.0 Å². The Balaban J connectivity index is 1.63. The van der Waals surface area contributed by atoms with E-state index in [1.54, 1.807) is 6.92 Å². The molecule has 1 saturated carbocycles. The van der Waals surface area contributed by atoms with Crippen molar-refractivity contribution in [1.29, 1.82) is 5.26 Å². The van der Waals surface area contributed by atoms with Crippen LogP contribution in [0.3, 0.4) is 0 Å². The molecule has 1 amide bonds. The van der Waals surface area contributed by atoms with Gasteiger partial charge in [0.1, 0.15) is 10.4 Å². The molecule has 1 fully saturated rings. The van der Waals surface area contributed by atoms with Crippen LogP contribution >= 0.6 is 11.3 Å². The van der Waals surface area contributed by atoms with Gasteiger partial charge >= 0.3 is 5.97 Å². The summed E-state index contributed by atoms with van der Waals surface area (Å²) in [5, 5.41) is 12.9. The molecule has 1 aromatic heterocycles. The van der Waals surface area contributed by atoms with Crippen LogP contribution < -0.4 is 5.32 Å². The third-order valence-electron chi connectivity index (χ3n) is 4.39. The van der Waals surface area contributed by atoms with Gasteiger partial charge in [-0.1, -0.05) is 18.2 Å². The number of carbonyl (C=O) groups is 2. The van der Waals surface area contributed by atoms with Gasteiger partial charge in [0.2, 0.25) is 0 Å². The van der Waals surface area contributed by atoms with E-state index in [-0.39, 0.29) is 12.5 Å². The van der Waals surface area contributed by atoms with Gasteiger partial charge in [-0.15, -0.1) is 11.3 Å². The molecule has 124 valence electrons. The molecule has 0 aliphatic heterocycles. The summed E-state index contributed by atoms with van der Waals surface area (Å²) in [6, 6.07) is 9.89. The van der Waals surface area contributed by atoms with Crippen LogP contribution in [0.5, 0.6) is 0 Å². The molecule has 5 nitrogen and oxygen atoms in total. The van der Waals surface area contributed by atoms with E-state index in [0.717, 1.165) is 28.5 Å². The fourth-order valence-electron chi connectivity index (χ4n) is 2.77. The molecule has 1 heterocycles. The summed E-state index contributed by atoms with van der Waals surface area (Å²) in [6.07, 6.45) is 1.87. The molecule has 0 spiro atoms. The van der Waals surface area contributed by atoms with Gasteiger partial charge in [0.25, 0.3) is 5.91 Å². The first-order valence-electron chi connectivity index (χ1n) is 7.82. The average Bonchev–Trinajstić information content (AvgIpc) is 3.38. The molecule has 0 unspecified atom stereocenters. The van der Waals surface area contributed by atoms with Crippen LogP contribution in [0.4, 0.5) is 0 Å². The van der Waals surface area contributed by atoms with Crippen LogP contribution in [0.15, 0.2) is 24.3 Å². The Morgan fingerprint density at radius 1 is 1.42 bits per heavy atom. The van der Waals surface area contributed by atoms with Gasteiger partial charge in [-0.25, -0.2) is 4.79 Å². The first-order chi connectivity index (χ1) is 11.4. The summed E-state index contributed by atoms with van der Waals surface area (Å²) in [5.74, 6) is -0.765. The highest BCUT2D eigenvalue weighted by molar-refractivity contribution is 7.21. The van der Waals surface area contributed by atoms with Crippen LogP contribution in [-0.4, -0.2) is 24.0 Å². The maximum absolute atomic E-state index is 12.3. The van der Waals surface area contributed by atoms with Gasteiger partial charge in [-0.3, -0.25) is 4.79 Å². The van der Waals surface area contributed by atoms with Crippen molar-refractivity contribution in [3.05, 3.63) is 34.7 Å². The van der Waals surface area contributed by atoms with Crippen LogP contribution in [0.25, 0.3) is 10.1 Å². The van der Waals surface area contributed by atoms with Crippen molar-refractivity contribution in [2.24, 2.45) is 5.92 Å². The fourth-order valence-corrected chi connectivity index (χ4v) is 3.88. The summed E-state index contributed by atoms with van der Waals surface area (Å²) in [4.78, 5) is 24.8. The lowest BCUT2D eigenvalue weighted by atomic mass is 9.98. The fraction of sp³-hybridized carbons (Fsp3) is 0.389. The van der Waals surface area contributed by atoms with Gasteiger partial charge in [0.15, 0.2) is 6.61 Å².